The number of para-hydroxylation sites is 1. The lowest BCUT2D eigenvalue weighted by Crippen LogP contribution is -2.32. The minimum atomic E-state index is 0.468. The molecule has 0 heterocycles. The van der Waals surface area contributed by atoms with E-state index in [0.717, 1.165) is 24.7 Å². The van der Waals surface area contributed by atoms with Crippen molar-refractivity contribution >= 4 is 17.3 Å². The number of methoxy groups -OCH3 is 1. The molecule has 0 aromatic heterocycles. The van der Waals surface area contributed by atoms with Crippen LogP contribution >= 0.6 is 11.6 Å². The van der Waals surface area contributed by atoms with Crippen molar-refractivity contribution in [1.29, 1.82) is 0 Å². The Morgan fingerprint density at radius 2 is 2.15 bits per heavy atom. The molecule has 2 rings (SSSR count). The van der Waals surface area contributed by atoms with Gasteiger partial charge in [-0.05, 0) is 24.5 Å². The van der Waals surface area contributed by atoms with Crippen LogP contribution < -0.4 is 10.2 Å². The molecule has 20 heavy (non-hydrogen) atoms. The fraction of sp³-hybridized carbons (Fsp3) is 0.625. The Kier molecular flexibility index (Phi) is 5.70. The van der Waals surface area contributed by atoms with Gasteiger partial charge in [0, 0.05) is 32.3 Å². The molecule has 1 aromatic rings. The lowest BCUT2D eigenvalue weighted by Gasteiger charge is -2.28. The van der Waals surface area contributed by atoms with E-state index >= 15 is 0 Å². The maximum absolute atomic E-state index is 6.48. The molecule has 1 aliphatic rings. The summed E-state index contributed by atoms with van der Waals surface area (Å²) in [5.74, 6) is 0. The summed E-state index contributed by atoms with van der Waals surface area (Å²) in [7, 11) is 1.75. The van der Waals surface area contributed by atoms with Crippen molar-refractivity contribution in [2.45, 2.75) is 45.3 Å². The summed E-state index contributed by atoms with van der Waals surface area (Å²) in [5, 5.41) is 4.33. The van der Waals surface area contributed by atoms with Gasteiger partial charge in [-0.25, -0.2) is 0 Å². The Hall–Kier alpha value is -0.770. The number of rotatable bonds is 8. The molecule has 1 saturated carbocycles. The van der Waals surface area contributed by atoms with E-state index < -0.39 is 0 Å². The monoisotopic (exact) mass is 296 g/mol. The number of hydrogen-bond acceptors (Lipinski definition) is 3. The first kappa shape index (κ1) is 15.6. The standard InChI is InChI=1S/C16H25ClN2O/c1-12(2)18-11-13-5-4-6-15(17)16(13)19(9-10-20-3)14-7-8-14/h4-6,12,14,18H,7-11H2,1-3H3. The number of ether oxygens (including phenoxy) is 1. The molecular formula is C16H25ClN2O. The third-order valence-electron chi connectivity index (χ3n) is 3.58. The fourth-order valence-electron chi connectivity index (χ4n) is 2.39. The van der Waals surface area contributed by atoms with Crippen LogP contribution in [0.4, 0.5) is 5.69 Å². The van der Waals surface area contributed by atoms with Crippen LogP contribution in [0.25, 0.3) is 0 Å². The Morgan fingerprint density at radius 1 is 1.40 bits per heavy atom. The van der Waals surface area contributed by atoms with Crippen molar-refractivity contribution in [2.24, 2.45) is 0 Å². The molecule has 0 unspecified atom stereocenters. The minimum absolute atomic E-state index is 0.468. The van der Waals surface area contributed by atoms with Gasteiger partial charge in [0.25, 0.3) is 0 Å². The van der Waals surface area contributed by atoms with E-state index in [1.54, 1.807) is 7.11 Å². The van der Waals surface area contributed by atoms with Crippen LogP contribution in [-0.2, 0) is 11.3 Å². The zero-order valence-electron chi connectivity index (χ0n) is 12.7. The lowest BCUT2D eigenvalue weighted by molar-refractivity contribution is 0.205. The van der Waals surface area contributed by atoms with Gasteiger partial charge in [-0.3, -0.25) is 0 Å². The van der Waals surface area contributed by atoms with Crippen molar-refractivity contribution in [3.63, 3.8) is 0 Å². The maximum atomic E-state index is 6.48. The van der Waals surface area contributed by atoms with Crippen LogP contribution in [0.1, 0.15) is 32.3 Å². The van der Waals surface area contributed by atoms with E-state index in [0.29, 0.717) is 12.1 Å². The van der Waals surface area contributed by atoms with E-state index in [9.17, 15) is 0 Å². The van der Waals surface area contributed by atoms with Gasteiger partial charge in [-0.15, -0.1) is 0 Å². The number of halogens is 1. The fourth-order valence-corrected chi connectivity index (χ4v) is 2.69. The molecular weight excluding hydrogens is 272 g/mol. The van der Waals surface area contributed by atoms with E-state index in [-0.39, 0.29) is 0 Å². The van der Waals surface area contributed by atoms with Crippen molar-refractivity contribution in [3.05, 3.63) is 28.8 Å². The van der Waals surface area contributed by atoms with Crippen molar-refractivity contribution in [3.8, 4) is 0 Å². The molecule has 0 amide bonds. The molecule has 0 radical (unpaired) electrons. The molecule has 0 atom stereocenters. The smallest absolute Gasteiger partial charge is 0.0643 e. The first-order valence-electron chi connectivity index (χ1n) is 7.39. The molecule has 0 spiro atoms. The zero-order chi connectivity index (χ0) is 14.5. The van der Waals surface area contributed by atoms with Crippen LogP contribution in [0.15, 0.2) is 18.2 Å². The number of hydrogen-bond donors (Lipinski definition) is 1. The highest BCUT2D eigenvalue weighted by molar-refractivity contribution is 6.33. The van der Waals surface area contributed by atoms with Crippen LogP contribution in [0, 0.1) is 0 Å². The van der Waals surface area contributed by atoms with Crippen molar-refractivity contribution < 1.29 is 4.74 Å². The second-order valence-corrected chi connectivity index (χ2v) is 6.11. The third-order valence-corrected chi connectivity index (χ3v) is 3.89. The average Bonchev–Trinajstić information content (AvgIpc) is 3.23. The van der Waals surface area contributed by atoms with Gasteiger partial charge in [-0.1, -0.05) is 37.6 Å². The number of benzene rings is 1. The summed E-state index contributed by atoms with van der Waals surface area (Å²) in [4.78, 5) is 2.42. The van der Waals surface area contributed by atoms with Gasteiger partial charge in [-0.2, -0.15) is 0 Å². The van der Waals surface area contributed by atoms with E-state index in [2.05, 4.69) is 30.1 Å². The molecule has 0 bridgehead atoms. The van der Waals surface area contributed by atoms with Gasteiger partial charge in [0.2, 0.25) is 0 Å². The van der Waals surface area contributed by atoms with Crippen LogP contribution in [0.5, 0.6) is 0 Å². The second kappa shape index (κ2) is 7.30. The van der Waals surface area contributed by atoms with Gasteiger partial charge in [0.15, 0.2) is 0 Å². The summed E-state index contributed by atoms with van der Waals surface area (Å²) >= 11 is 6.48. The molecule has 1 fully saturated rings. The summed E-state index contributed by atoms with van der Waals surface area (Å²) in [5.41, 5.74) is 2.45. The third kappa shape index (κ3) is 4.11. The van der Waals surface area contributed by atoms with Crippen LogP contribution in [0.3, 0.4) is 0 Å². The molecule has 112 valence electrons. The molecule has 4 heteroatoms. The predicted molar refractivity (Wildman–Crippen MR) is 85.7 cm³/mol. The van der Waals surface area contributed by atoms with Crippen LogP contribution in [-0.4, -0.2) is 32.3 Å². The van der Waals surface area contributed by atoms with E-state index in [1.165, 1.54) is 24.1 Å². The average molecular weight is 297 g/mol. The SMILES string of the molecule is COCCN(c1c(Cl)cccc1CNC(C)C)C1CC1. The number of anilines is 1. The first-order valence-corrected chi connectivity index (χ1v) is 7.77. The highest BCUT2D eigenvalue weighted by Gasteiger charge is 2.31. The quantitative estimate of drug-likeness (QED) is 0.795. The summed E-state index contributed by atoms with van der Waals surface area (Å²) in [6.07, 6.45) is 2.51. The number of nitrogens with zero attached hydrogens (tertiary/aromatic N) is 1. The van der Waals surface area contributed by atoms with E-state index in [1.807, 2.05) is 12.1 Å². The summed E-state index contributed by atoms with van der Waals surface area (Å²) in [6.45, 7) is 6.81. The lowest BCUT2D eigenvalue weighted by atomic mass is 10.1. The molecule has 1 aliphatic carbocycles. The first-order chi connectivity index (χ1) is 9.63. The largest absolute Gasteiger partial charge is 0.383 e. The Morgan fingerprint density at radius 3 is 2.75 bits per heavy atom. The molecule has 1 N–H and O–H groups in total. The van der Waals surface area contributed by atoms with E-state index in [4.69, 9.17) is 16.3 Å². The Balaban J connectivity index is 2.21. The molecule has 1 aromatic carbocycles. The van der Waals surface area contributed by atoms with Crippen molar-refractivity contribution in [2.75, 3.05) is 25.2 Å². The summed E-state index contributed by atoms with van der Waals surface area (Å²) in [6, 6.07) is 7.28. The Labute approximate surface area is 127 Å². The predicted octanol–water partition coefficient (Wildman–Crippen LogP) is 3.45. The van der Waals surface area contributed by atoms with Gasteiger partial charge < -0.3 is 15.0 Å². The Bertz CT molecular complexity index is 432. The van der Waals surface area contributed by atoms with Gasteiger partial charge >= 0.3 is 0 Å². The maximum Gasteiger partial charge on any atom is 0.0643 e. The van der Waals surface area contributed by atoms with Crippen LogP contribution in [0.2, 0.25) is 5.02 Å². The molecule has 3 nitrogen and oxygen atoms in total. The van der Waals surface area contributed by atoms with Crippen molar-refractivity contribution in [1.82, 2.24) is 5.32 Å². The highest BCUT2D eigenvalue weighted by atomic mass is 35.5. The summed E-state index contributed by atoms with van der Waals surface area (Å²) < 4.78 is 5.25. The molecule has 0 saturated heterocycles. The van der Waals surface area contributed by atoms with Gasteiger partial charge in [0.05, 0.1) is 17.3 Å². The second-order valence-electron chi connectivity index (χ2n) is 5.70. The van der Waals surface area contributed by atoms with Gasteiger partial charge in [0.1, 0.15) is 0 Å². The topological polar surface area (TPSA) is 24.5 Å². The number of nitrogens with one attached hydrogen (secondary N) is 1. The zero-order valence-corrected chi connectivity index (χ0v) is 13.4. The normalized spacial score (nSPS) is 14.8. The minimum Gasteiger partial charge on any atom is -0.383 e. The molecule has 0 aliphatic heterocycles. The highest BCUT2D eigenvalue weighted by Crippen LogP contribution is 2.37.